The molecular formula is C14H18N4O. The van der Waals surface area contributed by atoms with Crippen molar-refractivity contribution in [2.24, 2.45) is 0 Å². The Morgan fingerprint density at radius 3 is 2.79 bits per heavy atom. The van der Waals surface area contributed by atoms with Gasteiger partial charge in [-0.05, 0) is 18.6 Å². The average molecular weight is 258 g/mol. The number of benzene rings is 1. The molecule has 0 spiro atoms. The number of aryl methyl sites for hydroxylation is 1. The van der Waals surface area contributed by atoms with Crippen molar-refractivity contribution < 1.29 is 5.11 Å². The summed E-state index contributed by atoms with van der Waals surface area (Å²) in [6, 6.07) is 10.0. The third-order valence-corrected chi connectivity index (χ3v) is 2.89. The fourth-order valence-corrected chi connectivity index (χ4v) is 1.87. The number of aromatic nitrogens is 2. The summed E-state index contributed by atoms with van der Waals surface area (Å²) in [6.07, 6.45) is 1.52. The van der Waals surface area contributed by atoms with Crippen LogP contribution in [0.3, 0.4) is 0 Å². The highest BCUT2D eigenvalue weighted by Gasteiger charge is 2.08. The maximum atomic E-state index is 8.80. The number of anilines is 3. The van der Waals surface area contributed by atoms with E-state index in [1.807, 2.05) is 30.1 Å². The van der Waals surface area contributed by atoms with Gasteiger partial charge in [0.2, 0.25) is 0 Å². The highest BCUT2D eigenvalue weighted by Crippen LogP contribution is 2.25. The maximum Gasteiger partial charge on any atom is 0.138 e. The van der Waals surface area contributed by atoms with Crippen LogP contribution in [0.15, 0.2) is 36.7 Å². The molecule has 2 aromatic rings. The topological polar surface area (TPSA) is 61.3 Å². The van der Waals surface area contributed by atoms with Gasteiger partial charge in [0.1, 0.15) is 18.0 Å². The largest absolute Gasteiger partial charge is 0.395 e. The van der Waals surface area contributed by atoms with Gasteiger partial charge in [0.15, 0.2) is 0 Å². The fraction of sp³-hybridized carbons (Fsp3) is 0.286. The van der Waals surface area contributed by atoms with E-state index in [0.29, 0.717) is 12.4 Å². The minimum absolute atomic E-state index is 0.0764. The number of aliphatic hydroxyl groups excluding tert-OH is 1. The van der Waals surface area contributed by atoms with Crippen LogP contribution in [-0.2, 0) is 0 Å². The molecule has 100 valence electrons. The van der Waals surface area contributed by atoms with Crippen LogP contribution in [0, 0.1) is 6.92 Å². The van der Waals surface area contributed by atoms with E-state index in [0.717, 1.165) is 11.5 Å². The summed E-state index contributed by atoms with van der Waals surface area (Å²) in [4.78, 5) is 10.4. The number of aliphatic hydroxyl groups is 1. The van der Waals surface area contributed by atoms with E-state index in [-0.39, 0.29) is 6.61 Å². The summed E-state index contributed by atoms with van der Waals surface area (Å²) < 4.78 is 0. The Kier molecular flexibility index (Phi) is 4.30. The molecule has 0 aliphatic rings. The monoisotopic (exact) mass is 258 g/mol. The minimum atomic E-state index is 0.0764. The van der Waals surface area contributed by atoms with E-state index >= 15 is 0 Å². The average Bonchev–Trinajstić information content (AvgIpc) is 2.45. The first kappa shape index (κ1) is 13.3. The number of nitrogens with zero attached hydrogens (tertiary/aromatic N) is 3. The fourth-order valence-electron chi connectivity index (χ4n) is 1.87. The molecule has 0 unspecified atom stereocenters. The number of hydrogen-bond acceptors (Lipinski definition) is 5. The third-order valence-electron chi connectivity index (χ3n) is 2.89. The molecule has 0 saturated heterocycles. The Morgan fingerprint density at radius 1 is 1.26 bits per heavy atom. The Labute approximate surface area is 112 Å². The lowest BCUT2D eigenvalue weighted by Crippen LogP contribution is -2.14. The van der Waals surface area contributed by atoms with Gasteiger partial charge in [-0.3, -0.25) is 0 Å². The number of nitrogens with one attached hydrogen (secondary N) is 1. The summed E-state index contributed by atoms with van der Waals surface area (Å²) >= 11 is 0. The molecule has 0 atom stereocenters. The van der Waals surface area contributed by atoms with E-state index in [1.165, 1.54) is 11.9 Å². The smallest absolute Gasteiger partial charge is 0.138 e. The van der Waals surface area contributed by atoms with Crippen LogP contribution in [0.25, 0.3) is 0 Å². The summed E-state index contributed by atoms with van der Waals surface area (Å²) in [5.74, 6) is 1.52. The normalized spacial score (nSPS) is 10.3. The summed E-state index contributed by atoms with van der Waals surface area (Å²) in [6.45, 7) is 2.62. The van der Waals surface area contributed by atoms with Crippen molar-refractivity contribution in [3.05, 3.63) is 42.2 Å². The van der Waals surface area contributed by atoms with E-state index in [9.17, 15) is 0 Å². The summed E-state index contributed by atoms with van der Waals surface area (Å²) in [5.41, 5.74) is 2.29. The molecule has 19 heavy (non-hydrogen) atoms. The highest BCUT2D eigenvalue weighted by atomic mass is 16.3. The molecule has 1 heterocycles. The predicted molar refractivity (Wildman–Crippen MR) is 76.8 cm³/mol. The summed E-state index contributed by atoms with van der Waals surface area (Å²) in [5, 5.41) is 11.8. The maximum absolute atomic E-state index is 8.80. The van der Waals surface area contributed by atoms with Crippen LogP contribution < -0.4 is 10.2 Å². The molecule has 0 fully saturated rings. The first-order chi connectivity index (χ1) is 9.22. The second-order valence-corrected chi connectivity index (χ2v) is 4.26. The lowest BCUT2D eigenvalue weighted by molar-refractivity contribution is 0.311. The van der Waals surface area contributed by atoms with Crippen LogP contribution >= 0.6 is 0 Å². The second kappa shape index (κ2) is 6.15. The zero-order chi connectivity index (χ0) is 13.7. The Hall–Kier alpha value is -2.14. The number of para-hydroxylation sites is 1. The van der Waals surface area contributed by atoms with E-state index in [1.54, 1.807) is 0 Å². The SMILES string of the molecule is Cc1ccccc1N(C)c1cc(NCCO)ncn1. The summed E-state index contributed by atoms with van der Waals surface area (Å²) in [7, 11) is 1.97. The van der Waals surface area contributed by atoms with Crippen LogP contribution in [0.1, 0.15) is 5.56 Å². The second-order valence-electron chi connectivity index (χ2n) is 4.26. The van der Waals surface area contributed by atoms with E-state index in [2.05, 4.69) is 34.3 Å². The molecule has 0 aliphatic heterocycles. The zero-order valence-corrected chi connectivity index (χ0v) is 11.2. The molecule has 1 aromatic carbocycles. The van der Waals surface area contributed by atoms with Crippen molar-refractivity contribution in [2.75, 3.05) is 30.4 Å². The van der Waals surface area contributed by atoms with Gasteiger partial charge in [-0.25, -0.2) is 9.97 Å². The van der Waals surface area contributed by atoms with Gasteiger partial charge < -0.3 is 15.3 Å². The van der Waals surface area contributed by atoms with Crippen molar-refractivity contribution in [2.45, 2.75) is 6.92 Å². The number of hydrogen-bond donors (Lipinski definition) is 2. The van der Waals surface area contributed by atoms with Crippen LogP contribution in [0.4, 0.5) is 17.3 Å². The molecule has 0 amide bonds. The van der Waals surface area contributed by atoms with Gasteiger partial charge in [0.05, 0.1) is 6.61 Å². The van der Waals surface area contributed by atoms with Gasteiger partial charge in [0, 0.05) is 25.3 Å². The zero-order valence-electron chi connectivity index (χ0n) is 11.2. The van der Waals surface area contributed by atoms with Crippen molar-refractivity contribution in [3.63, 3.8) is 0 Å². The predicted octanol–water partition coefficient (Wildman–Crippen LogP) is 1.96. The molecular weight excluding hydrogens is 240 g/mol. The van der Waals surface area contributed by atoms with Gasteiger partial charge in [-0.2, -0.15) is 0 Å². The van der Waals surface area contributed by atoms with Gasteiger partial charge >= 0.3 is 0 Å². The van der Waals surface area contributed by atoms with Crippen molar-refractivity contribution in [1.82, 2.24) is 9.97 Å². The first-order valence-electron chi connectivity index (χ1n) is 6.18. The highest BCUT2D eigenvalue weighted by molar-refractivity contribution is 5.64. The lowest BCUT2D eigenvalue weighted by atomic mass is 10.2. The van der Waals surface area contributed by atoms with Gasteiger partial charge in [0.25, 0.3) is 0 Å². The lowest BCUT2D eigenvalue weighted by Gasteiger charge is -2.20. The molecule has 1 aromatic heterocycles. The first-order valence-corrected chi connectivity index (χ1v) is 6.18. The quantitative estimate of drug-likeness (QED) is 0.858. The Balaban J connectivity index is 2.24. The third kappa shape index (κ3) is 3.20. The van der Waals surface area contributed by atoms with Crippen LogP contribution in [0.2, 0.25) is 0 Å². The minimum Gasteiger partial charge on any atom is -0.395 e. The molecule has 0 radical (unpaired) electrons. The Bertz CT molecular complexity index is 544. The molecule has 0 saturated carbocycles. The van der Waals surface area contributed by atoms with E-state index in [4.69, 9.17) is 5.11 Å². The number of rotatable bonds is 5. The van der Waals surface area contributed by atoms with Gasteiger partial charge in [-0.1, -0.05) is 18.2 Å². The standard InChI is InChI=1S/C14H18N4O/c1-11-5-3-4-6-12(11)18(2)14-9-13(15-7-8-19)16-10-17-14/h3-6,9-10,19H,7-8H2,1-2H3,(H,15,16,17). The molecule has 5 heteroatoms. The van der Waals surface area contributed by atoms with E-state index < -0.39 is 0 Å². The molecule has 5 nitrogen and oxygen atoms in total. The van der Waals surface area contributed by atoms with Crippen LogP contribution in [-0.4, -0.2) is 35.3 Å². The Morgan fingerprint density at radius 2 is 2.05 bits per heavy atom. The van der Waals surface area contributed by atoms with Crippen molar-refractivity contribution in [1.29, 1.82) is 0 Å². The molecule has 0 bridgehead atoms. The van der Waals surface area contributed by atoms with Crippen LogP contribution in [0.5, 0.6) is 0 Å². The van der Waals surface area contributed by atoms with Gasteiger partial charge in [-0.15, -0.1) is 0 Å². The van der Waals surface area contributed by atoms with Crippen molar-refractivity contribution in [3.8, 4) is 0 Å². The molecule has 2 N–H and O–H groups in total. The molecule has 2 rings (SSSR count). The molecule has 0 aliphatic carbocycles. The van der Waals surface area contributed by atoms with Crippen molar-refractivity contribution >= 4 is 17.3 Å².